The fourth-order valence-corrected chi connectivity index (χ4v) is 1.86. The van der Waals surface area contributed by atoms with Crippen molar-refractivity contribution in [2.24, 2.45) is 5.92 Å². The maximum atomic E-state index is 11.8. The van der Waals surface area contributed by atoms with E-state index in [2.05, 4.69) is 5.32 Å². The van der Waals surface area contributed by atoms with Gasteiger partial charge in [-0.1, -0.05) is 0 Å². The number of amides is 1. The third-order valence-electron chi connectivity index (χ3n) is 2.77. The minimum absolute atomic E-state index is 0.0197. The fourth-order valence-electron chi connectivity index (χ4n) is 1.86. The molecule has 1 aliphatic rings. The van der Waals surface area contributed by atoms with Crippen LogP contribution in [-0.2, 0) is 19.0 Å². The Labute approximate surface area is 96.4 Å². The predicted octanol–water partition coefficient (Wildman–Crippen LogP) is 0.537. The van der Waals surface area contributed by atoms with Gasteiger partial charge < -0.3 is 19.5 Å². The first kappa shape index (κ1) is 13.4. The molecule has 0 bridgehead atoms. The Morgan fingerprint density at radius 2 is 2.12 bits per heavy atom. The number of nitrogens with one attached hydrogen (secondary N) is 1. The van der Waals surface area contributed by atoms with E-state index in [-0.39, 0.29) is 17.9 Å². The van der Waals surface area contributed by atoms with Crippen LogP contribution in [-0.4, -0.2) is 45.7 Å². The number of carbonyl (C=O) groups excluding carboxylic acids is 1. The molecule has 1 amide bonds. The van der Waals surface area contributed by atoms with Crippen LogP contribution in [0, 0.1) is 5.92 Å². The summed E-state index contributed by atoms with van der Waals surface area (Å²) in [6.07, 6.45) is 1.43. The zero-order valence-electron chi connectivity index (χ0n) is 10.2. The van der Waals surface area contributed by atoms with Crippen molar-refractivity contribution in [1.82, 2.24) is 5.32 Å². The summed E-state index contributed by atoms with van der Waals surface area (Å²) in [6, 6.07) is -0.163. The van der Waals surface area contributed by atoms with Crippen molar-refractivity contribution < 1.29 is 19.0 Å². The molecule has 1 heterocycles. The zero-order chi connectivity index (χ0) is 12.0. The molecule has 2 unspecified atom stereocenters. The Morgan fingerprint density at radius 3 is 2.62 bits per heavy atom. The van der Waals surface area contributed by atoms with Crippen LogP contribution in [0.25, 0.3) is 0 Å². The summed E-state index contributed by atoms with van der Waals surface area (Å²) in [4.78, 5) is 11.8. The molecule has 0 aliphatic carbocycles. The molecule has 0 saturated carbocycles. The molecule has 2 atom stereocenters. The van der Waals surface area contributed by atoms with Gasteiger partial charge in [-0.15, -0.1) is 0 Å². The van der Waals surface area contributed by atoms with Gasteiger partial charge in [-0.25, -0.2) is 0 Å². The van der Waals surface area contributed by atoms with E-state index in [1.165, 1.54) is 0 Å². The molecule has 0 radical (unpaired) electrons. The van der Waals surface area contributed by atoms with Gasteiger partial charge in [-0.3, -0.25) is 4.79 Å². The number of rotatable bonds is 5. The first-order chi connectivity index (χ1) is 7.69. The van der Waals surface area contributed by atoms with E-state index >= 15 is 0 Å². The minimum atomic E-state index is -0.409. The normalized spacial score (nSPS) is 23.1. The predicted molar refractivity (Wildman–Crippen MR) is 59.0 cm³/mol. The first-order valence-corrected chi connectivity index (χ1v) is 5.62. The van der Waals surface area contributed by atoms with E-state index in [0.717, 1.165) is 19.4 Å². The average molecular weight is 231 g/mol. The van der Waals surface area contributed by atoms with Crippen molar-refractivity contribution in [2.45, 2.75) is 32.1 Å². The molecule has 1 saturated heterocycles. The lowest BCUT2D eigenvalue weighted by atomic mass is 10.0. The number of hydrogen-bond acceptors (Lipinski definition) is 4. The third kappa shape index (κ3) is 3.73. The monoisotopic (exact) mass is 231 g/mol. The van der Waals surface area contributed by atoms with Gasteiger partial charge in [0.25, 0.3) is 0 Å². The third-order valence-corrected chi connectivity index (χ3v) is 2.77. The van der Waals surface area contributed by atoms with Crippen LogP contribution in [0.5, 0.6) is 0 Å². The van der Waals surface area contributed by atoms with Crippen molar-refractivity contribution in [3.63, 3.8) is 0 Å². The molecule has 1 N–H and O–H groups in total. The lowest BCUT2D eigenvalue weighted by molar-refractivity contribution is -0.141. The summed E-state index contributed by atoms with van der Waals surface area (Å²) in [5.74, 6) is -0.0168. The van der Waals surface area contributed by atoms with E-state index in [9.17, 15) is 4.79 Å². The Hall–Kier alpha value is -0.650. The summed E-state index contributed by atoms with van der Waals surface area (Å²) in [7, 11) is 3.11. The highest BCUT2D eigenvalue weighted by molar-refractivity contribution is 5.79. The fraction of sp³-hybridized carbons (Fsp3) is 0.909. The van der Waals surface area contributed by atoms with Crippen molar-refractivity contribution in [2.75, 3.05) is 27.4 Å². The standard InChI is InChI=1S/C11H21NO4/c1-8(11(14-2)15-3)12-10(13)9-5-4-6-16-7-9/h8-9,11H,4-7H2,1-3H3,(H,12,13). The smallest absolute Gasteiger partial charge is 0.225 e. The second-order valence-electron chi connectivity index (χ2n) is 4.05. The van der Waals surface area contributed by atoms with Gasteiger partial charge in [0.1, 0.15) is 0 Å². The van der Waals surface area contributed by atoms with E-state index in [0.29, 0.717) is 6.61 Å². The number of hydrogen-bond donors (Lipinski definition) is 1. The lowest BCUT2D eigenvalue weighted by Gasteiger charge is -2.26. The van der Waals surface area contributed by atoms with Gasteiger partial charge >= 0.3 is 0 Å². The summed E-state index contributed by atoms with van der Waals surface area (Å²) >= 11 is 0. The Morgan fingerprint density at radius 1 is 1.44 bits per heavy atom. The van der Waals surface area contributed by atoms with Crippen molar-refractivity contribution in [1.29, 1.82) is 0 Å². The van der Waals surface area contributed by atoms with Crippen LogP contribution in [0.3, 0.4) is 0 Å². The molecular weight excluding hydrogens is 210 g/mol. The van der Waals surface area contributed by atoms with Gasteiger partial charge in [0, 0.05) is 20.8 Å². The van der Waals surface area contributed by atoms with Crippen molar-refractivity contribution in [3.8, 4) is 0 Å². The number of carbonyl (C=O) groups is 1. The van der Waals surface area contributed by atoms with E-state index in [1.54, 1.807) is 14.2 Å². The van der Waals surface area contributed by atoms with Gasteiger partial charge in [-0.2, -0.15) is 0 Å². The molecule has 0 aromatic heterocycles. The molecule has 5 heteroatoms. The zero-order valence-corrected chi connectivity index (χ0v) is 10.2. The number of ether oxygens (including phenoxy) is 3. The molecule has 94 valence electrons. The highest BCUT2D eigenvalue weighted by Crippen LogP contribution is 2.14. The highest BCUT2D eigenvalue weighted by atomic mass is 16.7. The topological polar surface area (TPSA) is 56.8 Å². The number of methoxy groups -OCH3 is 2. The second kappa shape index (κ2) is 6.83. The molecule has 1 aliphatic heterocycles. The van der Waals surface area contributed by atoms with Crippen LogP contribution < -0.4 is 5.32 Å². The maximum absolute atomic E-state index is 11.8. The molecule has 1 fully saturated rings. The second-order valence-corrected chi connectivity index (χ2v) is 4.05. The molecule has 5 nitrogen and oxygen atoms in total. The van der Waals surface area contributed by atoms with Gasteiger partial charge in [0.2, 0.25) is 5.91 Å². The quantitative estimate of drug-likeness (QED) is 0.701. The van der Waals surface area contributed by atoms with Crippen LogP contribution in [0.2, 0.25) is 0 Å². The van der Waals surface area contributed by atoms with E-state index < -0.39 is 6.29 Å². The molecule has 0 aromatic rings. The lowest BCUT2D eigenvalue weighted by Crippen LogP contribution is -2.46. The van der Waals surface area contributed by atoms with Crippen LogP contribution in [0.15, 0.2) is 0 Å². The van der Waals surface area contributed by atoms with Crippen LogP contribution >= 0.6 is 0 Å². The maximum Gasteiger partial charge on any atom is 0.225 e. The largest absolute Gasteiger partial charge is 0.381 e. The Bertz CT molecular complexity index is 212. The molecular formula is C11H21NO4. The molecule has 16 heavy (non-hydrogen) atoms. The van der Waals surface area contributed by atoms with Gasteiger partial charge in [0.05, 0.1) is 18.6 Å². The summed E-state index contributed by atoms with van der Waals surface area (Å²) in [6.45, 7) is 3.14. The Kier molecular flexibility index (Phi) is 5.73. The Balaban J connectivity index is 2.37. The summed E-state index contributed by atoms with van der Waals surface area (Å²) < 4.78 is 15.4. The van der Waals surface area contributed by atoms with Gasteiger partial charge in [0.15, 0.2) is 6.29 Å². The van der Waals surface area contributed by atoms with E-state index in [1.807, 2.05) is 6.92 Å². The molecule has 0 spiro atoms. The summed E-state index contributed by atoms with van der Waals surface area (Å²) in [5.41, 5.74) is 0. The van der Waals surface area contributed by atoms with E-state index in [4.69, 9.17) is 14.2 Å². The van der Waals surface area contributed by atoms with Gasteiger partial charge in [-0.05, 0) is 19.8 Å². The first-order valence-electron chi connectivity index (χ1n) is 5.62. The van der Waals surface area contributed by atoms with Crippen molar-refractivity contribution >= 4 is 5.91 Å². The SMILES string of the molecule is COC(OC)C(C)NC(=O)C1CCCOC1. The summed E-state index contributed by atoms with van der Waals surface area (Å²) in [5, 5.41) is 2.88. The average Bonchev–Trinajstić information content (AvgIpc) is 2.31. The van der Waals surface area contributed by atoms with Crippen LogP contribution in [0.4, 0.5) is 0 Å². The van der Waals surface area contributed by atoms with Crippen molar-refractivity contribution in [3.05, 3.63) is 0 Å². The highest BCUT2D eigenvalue weighted by Gasteiger charge is 2.25. The molecule has 0 aromatic carbocycles. The molecule has 1 rings (SSSR count). The minimum Gasteiger partial charge on any atom is -0.381 e. The van der Waals surface area contributed by atoms with Crippen LogP contribution in [0.1, 0.15) is 19.8 Å².